The Bertz CT molecular complexity index is 652. The van der Waals surface area contributed by atoms with Gasteiger partial charge in [0, 0.05) is 0 Å². The van der Waals surface area contributed by atoms with E-state index in [0.29, 0.717) is 5.75 Å². The summed E-state index contributed by atoms with van der Waals surface area (Å²) in [6, 6.07) is 0. The summed E-state index contributed by atoms with van der Waals surface area (Å²) in [6.45, 7) is 9.16. The van der Waals surface area contributed by atoms with Crippen LogP contribution in [0.15, 0.2) is 0 Å². The zero-order valence-corrected chi connectivity index (χ0v) is 23.1. The van der Waals surface area contributed by atoms with E-state index in [1.165, 1.54) is 38.1 Å². The van der Waals surface area contributed by atoms with Crippen molar-refractivity contribution in [1.29, 1.82) is 0 Å². The molecule has 1 saturated heterocycles. The van der Waals surface area contributed by atoms with Gasteiger partial charge >= 0.3 is 204 Å². The summed E-state index contributed by atoms with van der Waals surface area (Å²) >= 11 is -1.22. The average Bonchev–Trinajstić information content (AvgIpc) is 2.70. The second kappa shape index (κ2) is 15.6. The molecule has 11 heteroatoms. The van der Waals surface area contributed by atoms with Crippen molar-refractivity contribution in [1.82, 2.24) is 0 Å². The van der Waals surface area contributed by atoms with Gasteiger partial charge in [0.15, 0.2) is 0 Å². The Morgan fingerprint density at radius 2 is 1.18 bits per heavy atom. The van der Waals surface area contributed by atoms with E-state index in [0.717, 1.165) is 25.7 Å². The molecule has 0 aromatic rings. The third kappa shape index (κ3) is 11.1. The first-order chi connectivity index (χ1) is 15.6. The van der Waals surface area contributed by atoms with Crippen molar-refractivity contribution in [3.05, 3.63) is 0 Å². The molecule has 0 aromatic carbocycles. The van der Waals surface area contributed by atoms with Crippen LogP contribution in [0, 0.1) is 0 Å². The van der Waals surface area contributed by atoms with E-state index in [9.17, 15) is 19.2 Å². The average molecular weight is 553 g/mol. The van der Waals surface area contributed by atoms with Crippen molar-refractivity contribution in [2.75, 3.05) is 5.75 Å². The third-order valence-electron chi connectivity index (χ3n) is 4.72. The fraction of sp³-hybridized carbons (Fsp3) is 0.818. The molecule has 9 nitrogen and oxygen atoms in total. The number of ether oxygens (including phenoxy) is 5. The third-order valence-corrected chi connectivity index (χ3v) is 14.1. The summed E-state index contributed by atoms with van der Waals surface area (Å²) in [5.74, 6) is -2.08. The second-order valence-electron chi connectivity index (χ2n) is 7.81. The van der Waals surface area contributed by atoms with E-state index in [1.54, 1.807) is 0 Å². The number of carbonyl (C=O) groups excluding carboxylic acids is 4. The minimum absolute atomic E-state index is 0.480. The molecule has 0 unspecified atom stereocenters. The van der Waals surface area contributed by atoms with E-state index < -0.39 is 68.1 Å². The van der Waals surface area contributed by atoms with Gasteiger partial charge in [-0.2, -0.15) is 0 Å². The van der Waals surface area contributed by atoms with Gasteiger partial charge in [0.05, 0.1) is 0 Å². The number of carbonyl (C=O) groups is 4. The number of esters is 4. The minimum atomic E-state index is -1.29. The summed E-state index contributed by atoms with van der Waals surface area (Å²) in [6.07, 6.45) is -0.876. The Morgan fingerprint density at radius 1 is 0.727 bits per heavy atom. The molecule has 1 fully saturated rings. The molecule has 0 aromatic heterocycles. The summed E-state index contributed by atoms with van der Waals surface area (Å²) < 4.78 is 27.5. The fourth-order valence-corrected chi connectivity index (χ4v) is 12.7. The number of hydrogen-bond acceptors (Lipinski definition) is 10. The van der Waals surface area contributed by atoms with Crippen molar-refractivity contribution in [2.45, 2.75) is 108 Å². The predicted molar refractivity (Wildman–Crippen MR) is 125 cm³/mol. The zero-order chi connectivity index (χ0) is 25.0. The van der Waals surface area contributed by atoms with Gasteiger partial charge in [0.1, 0.15) is 0 Å². The van der Waals surface area contributed by atoms with E-state index in [2.05, 4.69) is 13.8 Å². The van der Waals surface area contributed by atoms with Crippen LogP contribution in [-0.4, -0.2) is 73.8 Å². The molecule has 1 rings (SSSR count). The van der Waals surface area contributed by atoms with Crippen LogP contribution in [0.4, 0.5) is 0 Å². The van der Waals surface area contributed by atoms with E-state index in [4.69, 9.17) is 23.7 Å². The van der Waals surface area contributed by atoms with Crippen LogP contribution >= 0.6 is 10.0 Å². The van der Waals surface area contributed by atoms with Gasteiger partial charge < -0.3 is 0 Å². The van der Waals surface area contributed by atoms with Crippen LogP contribution in [0.25, 0.3) is 0 Å². The van der Waals surface area contributed by atoms with Gasteiger partial charge in [-0.3, -0.25) is 0 Å². The molecule has 1 aliphatic rings. The van der Waals surface area contributed by atoms with Crippen LogP contribution in [-0.2, 0) is 42.9 Å². The van der Waals surface area contributed by atoms with Crippen molar-refractivity contribution in [3.8, 4) is 0 Å². The van der Waals surface area contributed by atoms with Crippen LogP contribution in [0.1, 0.15) is 67.2 Å². The molecular weight excluding hydrogens is 515 g/mol. The number of rotatable bonds is 13. The Kier molecular flexibility index (Phi) is 14.1. The Hall–Kier alpha value is -1.25. The molecule has 0 bridgehead atoms. The van der Waals surface area contributed by atoms with Crippen molar-refractivity contribution in [2.24, 2.45) is 0 Å². The topological polar surface area (TPSA) is 114 Å². The SMILES string of the molecule is CCCC[As](CCCC)SC[C@H]1O[C@@H](OC(C)=O)[C@H](OC(C)=O)[C@@H](OC(C)=O)[C@@H]1OC(C)=O. The fourth-order valence-electron chi connectivity index (χ4n) is 3.34. The van der Waals surface area contributed by atoms with Gasteiger partial charge in [-0.15, -0.1) is 0 Å². The quantitative estimate of drug-likeness (QED) is 0.191. The van der Waals surface area contributed by atoms with Gasteiger partial charge in [-0.1, -0.05) is 0 Å². The predicted octanol–water partition coefficient (Wildman–Crippen LogP) is 3.39. The monoisotopic (exact) mass is 552 g/mol. The zero-order valence-electron chi connectivity index (χ0n) is 20.4. The molecule has 0 radical (unpaired) electrons. The van der Waals surface area contributed by atoms with Crippen LogP contribution in [0.3, 0.4) is 0 Å². The molecule has 0 aliphatic carbocycles. The van der Waals surface area contributed by atoms with Gasteiger partial charge in [-0.25, -0.2) is 0 Å². The Morgan fingerprint density at radius 3 is 1.64 bits per heavy atom. The molecule has 0 amide bonds. The number of unbranched alkanes of at least 4 members (excludes halogenated alkanes) is 2. The molecule has 1 aliphatic heterocycles. The van der Waals surface area contributed by atoms with Crippen LogP contribution < -0.4 is 0 Å². The summed E-state index contributed by atoms with van der Waals surface area (Å²) in [5.41, 5.74) is 0. The van der Waals surface area contributed by atoms with Crippen molar-refractivity contribution >= 4 is 47.4 Å². The summed E-state index contributed by atoms with van der Waals surface area (Å²) in [4.78, 5) is 47.2. The van der Waals surface area contributed by atoms with Gasteiger partial charge in [0.25, 0.3) is 0 Å². The molecule has 5 atom stereocenters. The molecule has 0 N–H and O–H groups in total. The number of hydrogen-bond donors (Lipinski definition) is 0. The van der Waals surface area contributed by atoms with E-state index >= 15 is 0 Å². The standard InChI is InChI=1S/C22H37AsO9S/c1-7-9-11-23(12-10-8-2)33-13-18-19(28-14(3)24)20(29-15(4)25)21(30-16(5)26)22(32-18)31-17(6)27/h18-22H,7-13H2,1-6H3/t18-,19-,20+,21-,22-/m1/s1. The van der Waals surface area contributed by atoms with Crippen LogP contribution in [0.2, 0.25) is 10.4 Å². The molecule has 1 heterocycles. The van der Waals surface area contributed by atoms with Crippen molar-refractivity contribution in [3.63, 3.8) is 0 Å². The maximum absolute atomic E-state index is 11.9. The Balaban J connectivity index is 3.21. The molecule has 0 saturated carbocycles. The van der Waals surface area contributed by atoms with E-state index in [1.807, 2.05) is 10.0 Å². The molecule has 190 valence electrons. The Labute approximate surface area is 204 Å². The molecule has 33 heavy (non-hydrogen) atoms. The normalized spacial score (nSPS) is 24.8. The summed E-state index contributed by atoms with van der Waals surface area (Å²) in [5, 5.41) is 2.38. The van der Waals surface area contributed by atoms with Crippen LogP contribution in [0.5, 0.6) is 0 Å². The molecular formula is C22H37AsO9S. The maximum atomic E-state index is 11.9. The van der Waals surface area contributed by atoms with Crippen molar-refractivity contribution < 1.29 is 42.9 Å². The van der Waals surface area contributed by atoms with E-state index in [-0.39, 0.29) is 0 Å². The first-order valence-electron chi connectivity index (χ1n) is 11.3. The first-order valence-corrected chi connectivity index (χ1v) is 17.2. The second-order valence-corrected chi connectivity index (χ2v) is 16.6. The van der Waals surface area contributed by atoms with Gasteiger partial charge in [-0.05, 0) is 0 Å². The summed E-state index contributed by atoms with van der Waals surface area (Å²) in [7, 11) is 1.84. The molecule has 0 spiro atoms. The first kappa shape index (κ1) is 29.8. The van der Waals surface area contributed by atoms with Gasteiger partial charge in [0.2, 0.25) is 0 Å².